The Balaban J connectivity index is 1.17. The van der Waals surface area contributed by atoms with E-state index in [0.717, 1.165) is 84.1 Å². The number of rotatable bonds is 4. The van der Waals surface area contributed by atoms with Crippen LogP contribution < -0.4 is 0 Å². The lowest BCUT2D eigenvalue weighted by Gasteiger charge is -2.39. The summed E-state index contributed by atoms with van der Waals surface area (Å²) in [4.78, 5) is 34.3. The molecule has 4 rings (SSSR count). The minimum Gasteiger partial charge on any atom is -0.342 e. The molecule has 0 aromatic carbocycles. The van der Waals surface area contributed by atoms with Crippen molar-refractivity contribution in [1.29, 1.82) is 0 Å². The highest BCUT2D eigenvalue weighted by atomic mass is 16.2. The number of hydrogen-bond acceptors (Lipinski definition) is 4. The second-order valence-electron chi connectivity index (χ2n) is 8.94. The summed E-state index contributed by atoms with van der Waals surface area (Å²) < 4.78 is 0. The Hall–Kier alpha value is -1.14. The molecule has 0 spiro atoms. The first-order valence-electron chi connectivity index (χ1n) is 11.2. The van der Waals surface area contributed by atoms with Crippen LogP contribution in [-0.2, 0) is 9.59 Å². The SMILES string of the molecule is O=C(CN1CCN(C2CCCC2)CC1)N1CCC(C(=O)N2CCCC2)CC1. The fourth-order valence-electron chi connectivity index (χ4n) is 5.42. The summed E-state index contributed by atoms with van der Waals surface area (Å²) in [7, 11) is 0. The highest BCUT2D eigenvalue weighted by Gasteiger charge is 2.32. The Labute approximate surface area is 163 Å². The van der Waals surface area contributed by atoms with Crippen LogP contribution in [0.25, 0.3) is 0 Å². The van der Waals surface area contributed by atoms with Crippen molar-refractivity contribution in [3.8, 4) is 0 Å². The highest BCUT2D eigenvalue weighted by molar-refractivity contribution is 5.81. The van der Waals surface area contributed by atoms with Gasteiger partial charge in [0, 0.05) is 64.3 Å². The molecule has 1 aliphatic carbocycles. The van der Waals surface area contributed by atoms with Crippen molar-refractivity contribution in [1.82, 2.24) is 19.6 Å². The van der Waals surface area contributed by atoms with E-state index in [1.807, 2.05) is 9.80 Å². The van der Waals surface area contributed by atoms with E-state index in [9.17, 15) is 9.59 Å². The van der Waals surface area contributed by atoms with Gasteiger partial charge in [0.25, 0.3) is 0 Å². The molecular weight excluding hydrogens is 340 g/mol. The summed E-state index contributed by atoms with van der Waals surface area (Å²) in [5.74, 6) is 0.737. The average molecular weight is 377 g/mol. The molecule has 0 atom stereocenters. The molecule has 1 saturated carbocycles. The van der Waals surface area contributed by atoms with Crippen LogP contribution in [0.5, 0.6) is 0 Å². The van der Waals surface area contributed by atoms with Crippen molar-refractivity contribution < 1.29 is 9.59 Å². The third-order valence-corrected chi connectivity index (χ3v) is 7.22. The molecule has 27 heavy (non-hydrogen) atoms. The Kier molecular flexibility index (Phi) is 6.33. The fourth-order valence-corrected chi connectivity index (χ4v) is 5.42. The van der Waals surface area contributed by atoms with E-state index in [2.05, 4.69) is 9.80 Å². The Morgan fingerprint density at radius 2 is 1.30 bits per heavy atom. The molecule has 0 N–H and O–H groups in total. The maximum absolute atomic E-state index is 12.7. The molecule has 0 unspecified atom stereocenters. The van der Waals surface area contributed by atoms with Crippen LogP contribution in [0.3, 0.4) is 0 Å². The van der Waals surface area contributed by atoms with Gasteiger partial charge in [-0.25, -0.2) is 0 Å². The molecule has 3 heterocycles. The number of likely N-dealkylation sites (tertiary alicyclic amines) is 2. The fraction of sp³-hybridized carbons (Fsp3) is 0.905. The summed E-state index contributed by atoms with van der Waals surface area (Å²) in [6, 6.07) is 0.801. The van der Waals surface area contributed by atoms with Crippen LogP contribution in [0.2, 0.25) is 0 Å². The van der Waals surface area contributed by atoms with Crippen LogP contribution in [-0.4, -0.2) is 96.4 Å². The summed E-state index contributed by atoms with van der Waals surface area (Å²) in [5.41, 5.74) is 0. The molecule has 6 heteroatoms. The van der Waals surface area contributed by atoms with Gasteiger partial charge in [0.15, 0.2) is 0 Å². The first-order valence-corrected chi connectivity index (χ1v) is 11.2. The molecule has 6 nitrogen and oxygen atoms in total. The van der Waals surface area contributed by atoms with Crippen LogP contribution in [0.1, 0.15) is 51.4 Å². The molecule has 2 amide bonds. The topological polar surface area (TPSA) is 47.1 Å². The molecule has 4 aliphatic rings. The minimum absolute atomic E-state index is 0.141. The molecule has 0 aromatic heterocycles. The van der Waals surface area contributed by atoms with E-state index in [4.69, 9.17) is 0 Å². The maximum Gasteiger partial charge on any atom is 0.236 e. The number of amides is 2. The van der Waals surface area contributed by atoms with Gasteiger partial charge in [0.1, 0.15) is 0 Å². The first kappa shape index (κ1) is 19.2. The van der Waals surface area contributed by atoms with Gasteiger partial charge in [0.2, 0.25) is 11.8 Å². The standard InChI is InChI=1S/C21H36N4O2/c26-20(17-22-13-15-23(16-14-22)19-5-1-2-6-19)24-11-7-18(8-12-24)21(27)25-9-3-4-10-25/h18-19H,1-17H2. The van der Waals surface area contributed by atoms with E-state index in [0.29, 0.717) is 12.5 Å². The number of piperidine rings is 1. The van der Waals surface area contributed by atoms with Crippen LogP contribution >= 0.6 is 0 Å². The molecule has 0 bridgehead atoms. The van der Waals surface area contributed by atoms with Crippen molar-refractivity contribution in [2.45, 2.75) is 57.4 Å². The second kappa shape index (κ2) is 8.91. The van der Waals surface area contributed by atoms with E-state index in [-0.39, 0.29) is 11.8 Å². The quantitative estimate of drug-likeness (QED) is 0.744. The summed E-state index contributed by atoms with van der Waals surface area (Å²) >= 11 is 0. The third kappa shape index (κ3) is 4.65. The van der Waals surface area contributed by atoms with E-state index >= 15 is 0 Å². The van der Waals surface area contributed by atoms with Gasteiger partial charge in [0.05, 0.1) is 6.54 Å². The summed E-state index contributed by atoms with van der Waals surface area (Å²) in [6.45, 7) is 8.21. The highest BCUT2D eigenvalue weighted by Crippen LogP contribution is 2.25. The molecule has 3 saturated heterocycles. The number of piperazine rings is 1. The van der Waals surface area contributed by atoms with Gasteiger partial charge in [-0.05, 0) is 38.5 Å². The smallest absolute Gasteiger partial charge is 0.236 e. The average Bonchev–Trinajstić information content (AvgIpc) is 3.42. The number of nitrogens with zero attached hydrogens (tertiary/aromatic N) is 4. The van der Waals surface area contributed by atoms with Crippen molar-refractivity contribution in [2.24, 2.45) is 5.92 Å². The Morgan fingerprint density at radius 1 is 0.667 bits per heavy atom. The van der Waals surface area contributed by atoms with Gasteiger partial charge in [-0.3, -0.25) is 19.4 Å². The van der Waals surface area contributed by atoms with Crippen LogP contribution in [0.15, 0.2) is 0 Å². The van der Waals surface area contributed by atoms with Crippen molar-refractivity contribution in [3.05, 3.63) is 0 Å². The lowest BCUT2D eigenvalue weighted by Crippen LogP contribution is -2.53. The zero-order valence-electron chi connectivity index (χ0n) is 16.8. The first-order chi connectivity index (χ1) is 13.2. The number of carbonyl (C=O) groups is 2. The summed E-state index contributed by atoms with van der Waals surface area (Å²) in [6.07, 6.45) is 9.49. The predicted molar refractivity (Wildman–Crippen MR) is 105 cm³/mol. The lowest BCUT2D eigenvalue weighted by molar-refractivity contribution is -0.140. The maximum atomic E-state index is 12.7. The van der Waals surface area contributed by atoms with Crippen LogP contribution in [0, 0.1) is 5.92 Å². The molecule has 0 aromatic rings. The Morgan fingerprint density at radius 3 is 1.93 bits per heavy atom. The normalized spacial score (nSPS) is 26.8. The van der Waals surface area contributed by atoms with Crippen molar-refractivity contribution in [2.75, 3.05) is 58.9 Å². The van der Waals surface area contributed by atoms with Crippen LogP contribution in [0.4, 0.5) is 0 Å². The lowest BCUT2D eigenvalue weighted by atomic mass is 9.95. The Bertz CT molecular complexity index is 512. The van der Waals surface area contributed by atoms with Gasteiger partial charge in [-0.1, -0.05) is 12.8 Å². The zero-order chi connectivity index (χ0) is 18.6. The molecule has 0 radical (unpaired) electrons. The monoisotopic (exact) mass is 376 g/mol. The summed E-state index contributed by atoms with van der Waals surface area (Å²) in [5, 5.41) is 0. The van der Waals surface area contributed by atoms with E-state index in [1.54, 1.807) is 0 Å². The zero-order valence-corrected chi connectivity index (χ0v) is 16.8. The predicted octanol–water partition coefficient (Wildman–Crippen LogP) is 1.41. The van der Waals surface area contributed by atoms with Gasteiger partial charge < -0.3 is 9.80 Å². The van der Waals surface area contributed by atoms with Gasteiger partial charge >= 0.3 is 0 Å². The van der Waals surface area contributed by atoms with E-state index in [1.165, 1.54) is 25.7 Å². The van der Waals surface area contributed by atoms with Gasteiger partial charge in [-0.2, -0.15) is 0 Å². The largest absolute Gasteiger partial charge is 0.342 e. The minimum atomic E-state index is 0.141. The number of hydrogen-bond donors (Lipinski definition) is 0. The van der Waals surface area contributed by atoms with E-state index < -0.39 is 0 Å². The number of carbonyl (C=O) groups excluding carboxylic acids is 2. The molecule has 4 fully saturated rings. The molecular formula is C21H36N4O2. The third-order valence-electron chi connectivity index (χ3n) is 7.22. The second-order valence-corrected chi connectivity index (χ2v) is 8.94. The van der Waals surface area contributed by atoms with Gasteiger partial charge in [-0.15, -0.1) is 0 Å². The molecule has 152 valence electrons. The van der Waals surface area contributed by atoms with Crippen molar-refractivity contribution >= 4 is 11.8 Å². The van der Waals surface area contributed by atoms with Crippen molar-refractivity contribution in [3.63, 3.8) is 0 Å². The molecule has 3 aliphatic heterocycles.